The van der Waals surface area contributed by atoms with Crippen LogP contribution < -0.4 is 15.4 Å². The summed E-state index contributed by atoms with van der Waals surface area (Å²) in [5.74, 6) is 0.678. The minimum absolute atomic E-state index is 0. The fraction of sp³-hybridized carbons (Fsp3) is 0.500. The van der Waals surface area contributed by atoms with Crippen LogP contribution in [0.5, 0.6) is 5.75 Å². The molecule has 5 heteroatoms. The van der Waals surface area contributed by atoms with Crippen LogP contribution in [0, 0.1) is 6.92 Å². The molecule has 0 saturated carbocycles. The predicted octanol–water partition coefficient (Wildman–Crippen LogP) is 1.66. The van der Waals surface area contributed by atoms with Gasteiger partial charge in [-0.15, -0.1) is 12.4 Å². The van der Waals surface area contributed by atoms with E-state index in [1.807, 2.05) is 31.2 Å². The molecular formula is C14H21ClN2O2. The Labute approximate surface area is 120 Å². The average molecular weight is 285 g/mol. The molecule has 1 heterocycles. The minimum Gasteiger partial charge on any atom is -0.481 e. The fourth-order valence-corrected chi connectivity index (χ4v) is 1.97. The van der Waals surface area contributed by atoms with Gasteiger partial charge in [-0.1, -0.05) is 17.7 Å². The number of carbonyl (C=O) groups is 1. The van der Waals surface area contributed by atoms with Gasteiger partial charge in [-0.05, 0) is 38.9 Å². The summed E-state index contributed by atoms with van der Waals surface area (Å²) in [5, 5.41) is 6.20. The van der Waals surface area contributed by atoms with Crippen molar-refractivity contribution >= 4 is 18.3 Å². The summed E-state index contributed by atoms with van der Waals surface area (Å²) < 4.78 is 5.61. The van der Waals surface area contributed by atoms with Crippen LogP contribution in [0.3, 0.4) is 0 Å². The van der Waals surface area contributed by atoms with Crippen molar-refractivity contribution in [2.75, 3.05) is 13.1 Å². The Hall–Kier alpha value is -1.26. The van der Waals surface area contributed by atoms with Crippen molar-refractivity contribution < 1.29 is 9.53 Å². The quantitative estimate of drug-likeness (QED) is 0.884. The highest BCUT2D eigenvalue weighted by molar-refractivity contribution is 5.85. The first kappa shape index (κ1) is 15.8. The summed E-state index contributed by atoms with van der Waals surface area (Å²) in [7, 11) is 0. The Balaban J connectivity index is 0.00000180. The molecule has 106 valence electrons. The Bertz CT molecular complexity index is 402. The zero-order valence-corrected chi connectivity index (χ0v) is 12.1. The van der Waals surface area contributed by atoms with E-state index < -0.39 is 6.10 Å². The van der Waals surface area contributed by atoms with Gasteiger partial charge in [0.05, 0.1) is 0 Å². The van der Waals surface area contributed by atoms with Crippen molar-refractivity contribution in [1.29, 1.82) is 0 Å². The smallest absolute Gasteiger partial charge is 0.261 e. The third kappa shape index (κ3) is 4.73. The van der Waals surface area contributed by atoms with Crippen LogP contribution in [0.1, 0.15) is 18.9 Å². The Morgan fingerprint density at radius 2 is 2.11 bits per heavy atom. The maximum absolute atomic E-state index is 11.9. The van der Waals surface area contributed by atoms with Crippen LogP contribution >= 0.6 is 12.4 Å². The largest absolute Gasteiger partial charge is 0.481 e. The summed E-state index contributed by atoms with van der Waals surface area (Å²) >= 11 is 0. The van der Waals surface area contributed by atoms with Gasteiger partial charge >= 0.3 is 0 Å². The van der Waals surface area contributed by atoms with Gasteiger partial charge in [-0.2, -0.15) is 0 Å². The highest BCUT2D eigenvalue weighted by Gasteiger charge is 2.21. The number of hydrogen-bond donors (Lipinski definition) is 2. The van der Waals surface area contributed by atoms with Crippen molar-refractivity contribution in [2.24, 2.45) is 0 Å². The molecule has 1 saturated heterocycles. The zero-order chi connectivity index (χ0) is 13.0. The second-order valence-electron chi connectivity index (χ2n) is 4.77. The van der Waals surface area contributed by atoms with E-state index in [-0.39, 0.29) is 24.4 Å². The molecule has 19 heavy (non-hydrogen) atoms. The second-order valence-corrected chi connectivity index (χ2v) is 4.77. The van der Waals surface area contributed by atoms with Gasteiger partial charge in [0.15, 0.2) is 6.10 Å². The van der Waals surface area contributed by atoms with Crippen LogP contribution in [0.2, 0.25) is 0 Å². The van der Waals surface area contributed by atoms with Crippen LogP contribution in [-0.4, -0.2) is 31.1 Å². The van der Waals surface area contributed by atoms with Gasteiger partial charge in [0.1, 0.15) is 5.75 Å². The van der Waals surface area contributed by atoms with E-state index in [1.54, 1.807) is 6.92 Å². The Morgan fingerprint density at radius 3 is 2.68 bits per heavy atom. The van der Waals surface area contributed by atoms with Crippen molar-refractivity contribution in [3.05, 3.63) is 29.8 Å². The number of hydrogen-bond acceptors (Lipinski definition) is 3. The molecule has 0 aromatic heterocycles. The molecule has 2 atom stereocenters. The number of benzene rings is 1. The number of amides is 1. The van der Waals surface area contributed by atoms with Crippen molar-refractivity contribution in [3.63, 3.8) is 0 Å². The summed E-state index contributed by atoms with van der Waals surface area (Å²) in [6.45, 7) is 5.62. The molecule has 1 aromatic rings. The summed E-state index contributed by atoms with van der Waals surface area (Å²) in [5.41, 5.74) is 1.18. The number of carbonyl (C=O) groups excluding carboxylic acids is 1. The van der Waals surface area contributed by atoms with E-state index in [2.05, 4.69) is 10.6 Å². The SMILES string of the molecule is Cc1ccc(OC(C)C(=O)NC2CCNC2)cc1.Cl. The molecule has 1 fully saturated rings. The van der Waals surface area contributed by atoms with E-state index in [0.29, 0.717) is 0 Å². The lowest BCUT2D eigenvalue weighted by molar-refractivity contribution is -0.127. The average Bonchev–Trinajstić information content (AvgIpc) is 2.85. The van der Waals surface area contributed by atoms with Crippen LogP contribution in [0.25, 0.3) is 0 Å². The third-order valence-corrected chi connectivity index (χ3v) is 3.11. The van der Waals surface area contributed by atoms with Crippen molar-refractivity contribution in [1.82, 2.24) is 10.6 Å². The van der Waals surface area contributed by atoms with Crippen LogP contribution in [0.15, 0.2) is 24.3 Å². The Kier molecular flexibility index (Phi) is 6.12. The maximum atomic E-state index is 11.9. The van der Waals surface area contributed by atoms with Crippen molar-refractivity contribution in [3.8, 4) is 5.75 Å². The zero-order valence-electron chi connectivity index (χ0n) is 11.3. The second kappa shape index (κ2) is 7.36. The number of halogens is 1. The lowest BCUT2D eigenvalue weighted by Crippen LogP contribution is -2.43. The molecule has 2 N–H and O–H groups in total. The highest BCUT2D eigenvalue weighted by Crippen LogP contribution is 2.13. The van der Waals surface area contributed by atoms with Gasteiger partial charge in [-0.25, -0.2) is 0 Å². The molecule has 1 amide bonds. The van der Waals surface area contributed by atoms with E-state index in [4.69, 9.17) is 4.74 Å². The van der Waals surface area contributed by atoms with Crippen LogP contribution in [-0.2, 0) is 4.79 Å². The first-order valence-corrected chi connectivity index (χ1v) is 6.39. The summed E-state index contributed by atoms with van der Waals surface area (Å²) in [4.78, 5) is 11.9. The number of rotatable bonds is 4. The van der Waals surface area contributed by atoms with E-state index >= 15 is 0 Å². The normalized spacial score (nSPS) is 19.4. The van der Waals surface area contributed by atoms with Gasteiger partial charge in [-0.3, -0.25) is 4.79 Å². The molecule has 4 nitrogen and oxygen atoms in total. The summed E-state index contributed by atoms with van der Waals surface area (Å²) in [6, 6.07) is 7.95. The number of nitrogens with one attached hydrogen (secondary N) is 2. The Morgan fingerprint density at radius 1 is 1.42 bits per heavy atom. The van der Waals surface area contributed by atoms with E-state index in [0.717, 1.165) is 25.3 Å². The van der Waals surface area contributed by atoms with E-state index in [1.165, 1.54) is 5.56 Å². The molecule has 1 aromatic carbocycles. The first-order chi connectivity index (χ1) is 8.65. The molecule has 1 aliphatic heterocycles. The predicted molar refractivity (Wildman–Crippen MR) is 77.9 cm³/mol. The van der Waals surface area contributed by atoms with Gasteiger partial charge in [0.2, 0.25) is 0 Å². The summed E-state index contributed by atoms with van der Waals surface area (Å²) in [6.07, 6.45) is 0.525. The standard InChI is InChI=1S/C14H20N2O2.ClH/c1-10-3-5-13(6-4-10)18-11(2)14(17)16-12-7-8-15-9-12;/h3-6,11-12,15H,7-9H2,1-2H3,(H,16,17);1H. The monoisotopic (exact) mass is 284 g/mol. The molecule has 0 spiro atoms. The molecule has 0 bridgehead atoms. The molecular weight excluding hydrogens is 264 g/mol. The lowest BCUT2D eigenvalue weighted by Gasteiger charge is -2.17. The van der Waals surface area contributed by atoms with Gasteiger partial charge in [0.25, 0.3) is 5.91 Å². The topological polar surface area (TPSA) is 50.4 Å². The lowest BCUT2D eigenvalue weighted by atomic mass is 10.2. The van der Waals surface area contributed by atoms with Crippen molar-refractivity contribution in [2.45, 2.75) is 32.4 Å². The van der Waals surface area contributed by atoms with Crippen LogP contribution in [0.4, 0.5) is 0 Å². The molecule has 2 rings (SSSR count). The maximum Gasteiger partial charge on any atom is 0.261 e. The highest BCUT2D eigenvalue weighted by atomic mass is 35.5. The fourth-order valence-electron chi connectivity index (χ4n) is 1.97. The van der Waals surface area contributed by atoms with E-state index in [9.17, 15) is 4.79 Å². The molecule has 2 unspecified atom stereocenters. The first-order valence-electron chi connectivity index (χ1n) is 6.39. The number of ether oxygens (including phenoxy) is 1. The van der Waals surface area contributed by atoms with Gasteiger partial charge in [0, 0.05) is 12.6 Å². The van der Waals surface area contributed by atoms with Gasteiger partial charge < -0.3 is 15.4 Å². The molecule has 1 aliphatic rings. The molecule has 0 aliphatic carbocycles. The third-order valence-electron chi connectivity index (χ3n) is 3.11. The number of aryl methyl sites for hydroxylation is 1. The minimum atomic E-state index is -0.465. The molecule has 0 radical (unpaired) electrons.